The first kappa shape index (κ1) is 24.5. The quantitative estimate of drug-likeness (QED) is 0.217. The minimum absolute atomic E-state index is 0.215. The number of aliphatic hydroxyl groups excluding tert-OH is 1. The first-order chi connectivity index (χ1) is 17.1. The maximum absolute atomic E-state index is 10.7. The summed E-state index contributed by atoms with van der Waals surface area (Å²) in [5.74, 6) is 2.18. The highest BCUT2D eigenvalue weighted by Crippen LogP contribution is 2.34. The number of rotatable bonds is 13. The van der Waals surface area contributed by atoms with Crippen molar-refractivity contribution in [3.05, 3.63) is 103 Å². The third-order valence-corrected chi connectivity index (χ3v) is 5.45. The third-order valence-electron chi connectivity index (χ3n) is 5.45. The molecule has 1 N–H and O–H groups in total. The Morgan fingerprint density at radius 2 is 1.80 bits per heavy atom. The van der Waals surface area contributed by atoms with Gasteiger partial charge in [0.1, 0.15) is 17.2 Å². The van der Waals surface area contributed by atoms with Gasteiger partial charge in [0.2, 0.25) is 5.88 Å². The Hall–Kier alpha value is -3.65. The van der Waals surface area contributed by atoms with Crippen LogP contribution in [0.5, 0.6) is 11.6 Å². The van der Waals surface area contributed by atoms with Crippen molar-refractivity contribution in [1.82, 2.24) is 14.7 Å². The van der Waals surface area contributed by atoms with Gasteiger partial charge in [0.15, 0.2) is 0 Å². The van der Waals surface area contributed by atoms with Crippen molar-refractivity contribution in [2.24, 2.45) is 7.05 Å². The van der Waals surface area contributed by atoms with Gasteiger partial charge in [0.05, 0.1) is 37.7 Å². The van der Waals surface area contributed by atoms with Crippen LogP contribution in [0.4, 0.5) is 0 Å². The van der Waals surface area contributed by atoms with Gasteiger partial charge in [0.25, 0.3) is 0 Å². The minimum Gasteiger partial charge on any atom is -0.468 e. The number of hydrogen-bond donors (Lipinski definition) is 1. The Bertz CT molecular complexity index is 1170. The van der Waals surface area contributed by atoms with Crippen LogP contribution in [0.3, 0.4) is 0 Å². The van der Waals surface area contributed by atoms with Gasteiger partial charge in [0, 0.05) is 25.7 Å². The molecule has 0 spiro atoms. The Balaban J connectivity index is 1.67. The summed E-state index contributed by atoms with van der Waals surface area (Å²) in [6, 6.07) is 23.5. The largest absolute Gasteiger partial charge is 0.468 e. The van der Waals surface area contributed by atoms with Crippen LogP contribution in [0.25, 0.3) is 11.3 Å². The molecule has 1 atom stereocenters. The molecule has 2 aromatic carbocycles. The molecule has 0 unspecified atom stereocenters. The second-order valence-corrected chi connectivity index (χ2v) is 8.27. The van der Waals surface area contributed by atoms with Crippen molar-refractivity contribution in [1.29, 1.82) is 0 Å². The van der Waals surface area contributed by atoms with E-state index in [1.807, 2.05) is 79.8 Å². The van der Waals surface area contributed by atoms with Gasteiger partial charge in [-0.2, -0.15) is 5.10 Å². The summed E-state index contributed by atoms with van der Waals surface area (Å²) in [7, 11) is 1.88. The molecule has 7 heteroatoms. The predicted molar refractivity (Wildman–Crippen MR) is 135 cm³/mol. The van der Waals surface area contributed by atoms with E-state index in [2.05, 4.69) is 11.5 Å². The summed E-state index contributed by atoms with van der Waals surface area (Å²) in [6.45, 7) is 5.64. The second-order valence-electron chi connectivity index (χ2n) is 8.27. The highest BCUT2D eigenvalue weighted by Gasteiger charge is 2.24. The lowest BCUT2D eigenvalue weighted by Gasteiger charge is -2.24. The zero-order valence-corrected chi connectivity index (χ0v) is 19.9. The smallest absolute Gasteiger partial charge is 0.222 e. The van der Waals surface area contributed by atoms with Crippen molar-refractivity contribution in [3.8, 4) is 22.9 Å². The molecule has 2 aromatic heterocycles. The normalized spacial score (nSPS) is 12.1. The standard InChI is InChI=1S/C28H31N3O4/c1-3-16-33-21-23(32)18-31(19-25-15-10-17-34-25)20-26-27(22-11-6-4-7-12-22)29-30(2)28(26)35-24-13-8-5-9-14-24/h3-15,17,23,32H,1,16,18-21H2,2H3/t23-/m1/s1. The van der Waals surface area contributed by atoms with Crippen molar-refractivity contribution in [2.45, 2.75) is 19.2 Å². The molecule has 0 amide bonds. The molecule has 0 saturated carbocycles. The maximum atomic E-state index is 10.7. The van der Waals surface area contributed by atoms with Crippen LogP contribution in [0.15, 0.2) is 96.1 Å². The molecule has 4 rings (SSSR count). The Labute approximate surface area is 205 Å². The average molecular weight is 474 g/mol. The zero-order chi connectivity index (χ0) is 24.5. The number of aryl methyl sites for hydroxylation is 1. The van der Waals surface area contributed by atoms with E-state index in [0.717, 1.165) is 28.3 Å². The van der Waals surface area contributed by atoms with Gasteiger partial charge in [-0.15, -0.1) is 6.58 Å². The molecular formula is C28H31N3O4. The van der Waals surface area contributed by atoms with Crippen molar-refractivity contribution < 1.29 is 19.0 Å². The van der Waals surface area contributed by atoms with Crippen molar-refractivity contribution >= 4 is 0 Å². The fourth-order valence-corrected chi connectivity index (χ4v) is 3.92. The Kier molecular flexibility index (Phi) is 8.51. The van der Waals surface area contributed by atoms with Crippen molar-refractivity contribution in [3.63, 3.8) is 0 Å². The SMILES string of the molecule is C=CCOC[C@H](O)CN(Cc1ccco1)Cc1c(-c2ccccc2)nn(C)c1Oc1ccccc1. The van der Waals surface area contributed by atoms with Gasteiger partial charge in [-0.1, -0.05) is 54.6 Å². The van der Waals surface area contributed by atoms with Gasteiger partial charge in [-0.3, -0.25) is 4.90 Å². The molecule has 0 fully saturated rings. The number of nitrogens with zero attached hydrogens (tertiary/aromatic N) is 3. The molecule has 0 bridgehead atoms. The molecule has 0 saturated heterocycles. The second kappa shape index (κ2) is 12.2. The Morgan fingerprint density at radius 3 is 2.49 bits per heavy atom. The molecule has 4 aromatic rings. The summed E-state index contributed by atoms with van der Waals surface area (Å²) in [5.41, 5.74) is 2.75. The van der Waals surface area contributed by atoms with Crippen LogP contribution in [0.2, 0.25) is 0 Å². The molecule has 7 nitrogen and oxygen atoms in total. The fraction of sp³-hybridized carbons (Fsp3) is 0.250. The first-order valence-corrected chi connectivity index (χ1v) is 11.6. The van der Waals surface area contributed by atoms with Crippen LogP contribution in [-0.4, -0.2) is 45.6 Å². The van der Waals surface area contributed by atoms with Crippen LogP contribution in [0.1, 0.15) is 11.3 Å². The minimum atomic E-state index is -0.680. The number of para-hydroxylation sites is 1. The van der Waals surface area contributed by atoms with E-state index in [1.54, 1.807) is 17.0 Å². The summed E-state index contributed by atoms with van der Waals surface area (Å²) >= 11 is 0. The fourth-order valence-electron chi connectivity index (χ4n) is 3.92. The monoisotopic (exact) mass is 473 g/mol. The van der Waals surface area contributed by atoms with Crippen LogP contribution in [-0.2, 0) is 24.9 Å². The first-order valence-electron chi connectivity index (χ1n) is 11.6. The topological polar surface area (TPSA) is 72.9 Å². The lowest BCUT2D eigenvalue weighted by atomic mass is 10.1. The number of hydrogen-bond acceptors (Lipinski definition) is 6. The van der Waals surface area contributed by atoms with Gasteiger partial charge in [-0.25, -0.2) is 4.68 Å². The lowest BCUT2D eigenvalue weighted by molar-refractivity contribution is 0.0215. The summed E-state index contributed by atoms with van der Waals surface area (Å²) < 4.78 is 19.2. The number of ether oxygens (including phenoxy) is 2. The number of furan rings is 1. The highest BCUT2D eigenvalue weighted by atomic mass is 16.5. The van der Waals surface area contributed by atoms with Gasteiger partial charge in [-0.05, 0) is 24.3 Å². The van der Waals surface area contributed by atoms with Crippen LogP contribution in [0, 0.1) is 0 Å². The van der Waals surface area contributed by atoms with E-state index in [0.29, 0.717) is 32.1 Å². The summed E-state index contributed by atoms with van der Waals surface area (Å²) in [5, 5.41) is 15.5. The molecule has 182 valence electrons. The summed E-state index contributed by atoms with van der Waals surface area (Å²) in [6.07, 6.45) is 2.64. The predicted octanol–water partition coefficient (Wildman–Crippen LogP) is 5.04. The van der Waals surface area contributed by atoms with Crippen LogP contribution < -0.4 is 4.74 Å². The Morgan fingerprint density at radius 1 is 1.06 bits per heavy atom. The van der Waals surface area contributed by atoms with E-state index < -0.39 is 6.10 Å². The molecule has 0 aliphatic carbocycles. The molecule has 0 radical (unpaired) electrons. The highest BCUT2D eigenvalue weighted by molar-refractivity contribution is 5.65. The number of benzene rings is 2. The molecule has 35 heavy (non-hydrogen) atoms. The molecular weight excluding hydrogens is 442 g/mol. The maximum Gasteiger partial charge on any atom is 0.222 e. The molecule has 2 heterocycles. The zero-order valence-electron chi connectivity index (χ0n) is 19.9. The third kappa shape index (κ3) is 6.70. The van der Waals surface area contributed by atoms with Gasteiger partial charge < -0.3 is 19.0 Å². The number of aromatic nitrogens is 2. The van der Waals surface area contributed by atoms with Gasteiger partial charge >= 0.3 is 0 Å². The summed E-state index contributed by atoms with van der Waals surface area (Å²) in [4.78, 5) is 2.11. The number of aliphatic hydroxyl groups is 1. The van der Waals surface area contributed by atoms with E-state index >= 15 is 0 Å². The van der Waals surface area contributed by atoms with E-state index in [9.17, 15) is 5.11 Å². The van der Waals surface area contributed by atoms with E-state index in [4.69, 9.17) is 19.0 Å². The molecule has 0 aliphatic rings. The lowest BCUT2D eigenvalue weighted by Crippen LogP contribution is -2.34. The van der Waals surface area contributed by atoms with E-state index in [1.165, 1.54) is 0 Å². The van der Waals surface area contributed by atoms with Crippen molar-refractivity contribution in [2.75, 3.05) is 19.8 Å². The molecule has 0 aliphatic heterocycles. The van der Waals surface area contributed by atoms with Crippen LogP contribution >= 0.6 is 0 Å². The van der Waals surface area contributed by atoms with E-state index in [-0.39, 0.29) is 6.61 Å². The average Bonchev–Trinajstić information content (AvgIpc) is 3.49.